The van der Waals surface area contributed by atoms with Crippen LogP contribution in [-0.4, -0.2) is 37.1 Å². The van der Waals surface area contributed by atoms with E-state index in [1.807, 2.05) is 48.5 Å². The van der Waals surface area contributed by atoms with Crippen LogP contribution in [0.15, 0.2) is 77.7 Å². The van der Waals surface area contributed by atoms with Crippen LogP contribution in [0.1, 0.15) is 27.0 Å². The summed E-state index contributed by atoms with van der Waals surface area (Å²) in [5, 5.41) is 3.76. The first-order valence-corrected chi connectivity index (χ1v) is 12.2. The molecule has 1 saturated heterocycles. The van der Waals surface area contributed by atoms with Crippen LogP contribution in [0.4, 0.5) is 0 Å². The van der Waals surface area contributed by atoms with Crippen LogP contribution in [0.2, 0.25) is 5.02 Å². The second-order valence-electron chi connectivity index (χ2n) is 7.83. The van der Waals surface area contributed by atoms with Gasteiger partial charge in [0.15, 0.2) is 0 Å². The zero-order valence-corrected chi connectivity index (χ0v) is 19.5. The van der Waals surface area contributed by atoms with E-state index in [4.69, 9.17) is 16.3 Å². The van der Waals surface area contributed by atoms with Gasteiger partial charge >= 0.3 is 0 Å². The fraction of sp³-hybridized carbons (Fsp3) is 0.269. The zero-order chi connectivity index (χ0) is 22.2. The van der Waals surface area contributed by atoms with Crippen LogP contribution in [-0.2, 0) is 23.6 Å². The summed E-state index contributed by atoms with van der Waals surface area (Å²) in [6.07, 6.45) is 0. The highest BCUT2D eigenvalue weighted by atomic mass is 35.5. The van der Waals surface area contributed by atoms with Crippen LogP contribution in [0.5, 0.6) is 0 Å². The standard InChI is InChI=1S/C26H27ClN2O2S/c27-24-9-11-25(12-10-24)32-19-22-5-7-23(8-6-22)26(30)28-17-20-1-3-21(4-2-20)18-29-13-15-31-16-14-29/h1-12H,13-19H2,(H,28,30). The zero-order valence-electron chi connectivity index (χ0n) is 17.9. The molecule has 0 spiro atoms. The van der Waals surface area contributed by atoms with E-state index in [0.717, 1.165) is 49.2 Å². The largest absolute Gasteiger partial charge is 0.379 e. The minimum absolute atomic E-state index is 0.0562. The topological polar surface area (TPSA) is 41.6 Å². The molecule has 0 unspecified atom stereocenters. The summed E-state index contributed by atoms with van der Waals surface area (Å²) in [6, 6.07) is 24.1. The lowest BCUT2D eigenvalue weighted by Crippen LogP contribution is -2.35. The maximum atomic E-state index is 12.5. The van der Waals surface area contributed by atoms with E-state index in [0.29, 0.717) is 12.1 Å². The highest BCUT2D eigenvalue weighted by Crippen LogP contribution is 2.24. The molecule has 0 bridgehead atoms. The molecule has 4 rings (SSSR count). The SMILES string of the molecule is O=C(NCc1ccc(CN2CCOCC2)cc1)c1ccc(CSc2ccc(Cl)cc2)cc1. The van der Waals surface area contributed by atoms with Crippen molar-refractivity contribution in [2.45, 2.75) is 23.7 Å². The molecule has 4 nitrogen and oxygen atoms in total. The maximum absolute atomic E-state index is 12.5. The number of thioether (sulfide) groups is 1. The van der Waals surface area contributed by atoms with Gasteiger partial charge in [0.1, 0.15) is 0 Å². The molecule has 6 heteroatoms. The van der Waals surface area contributed by atoms with Crippen molar-refractivity contribution < 1.29 is 9.53 Å². The maximum Gasteiger partial charge on any atom is 0.251 e. The molecule has 0 aliphatic carbocycles. The first kappa shape index (κ1) is 22.9. The van der Waals surface area contributed by atoms with Gasteiger partial charge in [-0.2, -0.15) is 0 Å². The molecule has 3 aromatic rings. The van der Waals surface area contributed by atoms with Crippen LogP contribution < -0.4 is 5.32 Å². The van der Waals surface area contributed by atoms with Gasteiger partial charge in [-0.05, 0) is 53.1 Å². The van der Waals surface area contributed by atoms with E-state index in [-0.39, 0.29) is 5.91 Å². The number of nitrogens with zero attached hydrogens (tertiary/aromatic N) is 1. The highest BCUT2D eigenvalue weighted by molar-refractivity contribution is 7.98. The molecular formula is C26H27ClN2O2S. The molecule has 3 aromatic carbocycles. The lowest BCUT2D eigenvalue weighted by Gasteiger charge is -2.26. The normalized spacial score (nSPS) is 14.3. The molecule has 1 aliphatic heterocycles. The Morgan fingerprint density at radius 3 is 2.19 bits per heavy atom. The number of carbonyl (C=O) groups excluding carboxylic acids is 1. The molecule has 166 valence electrons. The molecule has 1 heterocycles. The number of hydrogen-bond donors (Lipinski definition) is 1. The van der Waals surface area contributed by atoms with Crippen molar-refractivity contribution in [3.63, 3.8) is 0 Å². The van der Waals surface area contributed by atoms with Crippen molar-refractivity contribution in [1.82, 2.24) is 10.2 Å². The van der Waals surface area contributed by atoms with E-state index >= 15 is 0 Å². The molecule has 1 N–H and O–H groups in total. The number of nitrogens with one attached hydrogen (secondary N) is 1. The molecule has 1 aliphatic rings. The van der Waals surface area contributed by atoms with Crippen molar-refractivity contribution in [2.75, 3.05) is 26.3 Å². The summed E-state index contributed by atoms with van der Waals surface area (Å²) in [6.45, 7) is 5.05. The number of halogens is 1. The lowest BCUT2D eigenvalue weighted by atomic mass is 10.1. The number of carbonyl (C=O) groups is 1. The Balaban J connectivity index is 1.23. The van der Waals surface area contributed by atoms with E-state index in [2.05, 4.69) is 34.5 Å². The van der Waals surface area contributed by atoms with Gasteiger partial charge in [0.25, 0.3) is 5.91 Å². The Bertz CT molecular complexity index is 1000. The molecule has 1 fully saturated rings. The summed E-state index contributed by atoms with van der Waals surface area (Å²) in [5.74, 6) is 0.791. The Hall–Kier alpha value is -2.31. The number of ether oxygens (including phenoxy) is 1. The van der Waals surface area contributed by atoms with Crippen LogP contribution in [0.25, 0.3) is 0 Å². The van der Waals surface area contributed by atoms with Crippen molar-refractivity contribution in [3.05, 3.63) is 100 Å². The minimum atomic E-state index is -0.0562. The van der Waals surface area contributed by atoms with Gasteiger partial charge in [-0.25, -0.2) is 0 Å². The fourth-order valence-electron chi connectivity index (χ4n) is 3.51. The lowest BCUT2D eigenvalue weighted by molar-refractivity contribution is 0.0342. The number of benzene rings is 3. The monoisotopic (exact) mass is 466 g/mol. The second kappa shape index (κ2) is 11.5. The average molecular weight is 467 g/mol. The van der Waals surface area contributed by atoms with Gasteiger partial charge in [0.05, 0.1) is 13.2 Å². The van der Waals surface area contributed by atoms with Gasteiger partial charge in [-0.3, -0.25) is 9.69 Å². The Labute approximate surface area is 198 Å². The molecule has 0 atom stereocenters. The second-order valence-corrected chi connectivity index (χ2v) is 9.31. The van der Waals surface area contributed by atoms with Gasteiger partial charge in [-0.1, -0.05) is 48.0 Å². The first-order chi connectivity index (χ1) is 15.7. The Morgan fingerprint density at radius 2 is 1.50 bits per heavy atom. The third-order valence-electron chi connectivity index (χ3n) is 5.42. The van der Waals surface area contributed by atoms with Gasteiger partial charge < -0.3 is 10.1 Å². The first-order valence-electron chi connectivity index (χ1n) is 10.8. The number of hydrogen-bond acceptors (Lipinski definition) is 4. The van der Waals surface area contributed by atoms with Crippen molar-refractivity contribution >= 4 is 29.3 Å². The highest BCUT2D eigenvalue weighted by Gasteiger charge is 2.11. The summed E-state index contributed by atoms with van der Waals surface area (Å²) in [5.41, 5.74) is 4.24. The molecular weight excluding hydrogens is 440 g/mol. The third kappa shape index (κ3) is 6.84. The predicted octanol–water partition coefficient (Wildman–Crippen LogP) is 5.39. The summed E-state index contributed by atoms with van der Waals surface area (Å²) in [7, 11) is 0. The number of morpholine rings is 1. The average Bonchev–Trinajstić information content (AvgIpc) is 2.84. The van der Waals surface area contributed by atoms with Gasteiger partial charge in [-0.15, -0.1) is 11.8 Å². The molecule has 0 aromatic heterocycles. The predicted molar refractivity (Wildman–Crippen MR) is 131 cm³/mol. The van der Waals surface area contributed by atoms with Crippen LogP contribution >= 0.6 is 23.4 Å². The van der Waals surface area contributed by atoms with Crippen molar-refractivity contribution in [1.29, 1.82) is 0 Å². The van der Waals surface area contributed by atoms with E-state index in [1.54, 1.807) is 11.8 Å². The smallest absolute Gasteiger partial charge is 0.251 e. The minimum Gasteiger partial charge on any atom is -0.379 e. The summed E-state index contributed by atoms with van der Waals surface area (Å²) < 4.78 is 5.40. The molecule has 1 amide bonds. The van der Waals surface area contributed by atoms with Crippen molar-refractivity contribution in [2.24, 2.45) is 0 Å². The number of rotatable bonds is 8. The van der Waals surface area contributed by atoms with E-state index in [9.17, 15) is 4.79 Å². The van der Waals surface area contributed by atoms with E-state index < -0.39 is 0 Å². The van der Waals surface area contributed by atoms with Crippen LogP contribution in [0, 0.1) is 0 Å². The van der Waals surface area contributed by atoms with Crippen LogP contribution in [0.3, 0.4) is 0 Å². The van der Waals surface area contributed by atoms with Gasteiger partial charge in [0.2, 0.25) is 0 Å². The van der Waals surface area contributed by atoms with Gasteiger partial charge in [0, 0.05) is 47.4 Å². The Kier molecular flexibility index (Phi) is 8.24. The Morgan fingerprint density at radius 1 is 0.875 bits per heavy atom. The molecule has 0 saturated carbocycles. The third-order valence-corrected chi connectivity index (χ3v) is 6.76. The van der Waals surface area contributed by atoms with E-state index in [1.165, 1.54) is 16.0 Å². The van der Waals surface area contributed by atoms with Crippen molar-refractivity contribution in [3.8, 4) is 0 Å². The fourth-order valence-corrected chi connectivity index (χ4v) is 4.49. The molecule has 32 heavy (non-hydrogen) atoms. The summed E-state index contributed by atoms with van der Waals surface area (Å²) in [4.78, 5) is 16.1. The summed E-state index contributed by atoms with van der Waals surface area (Å²) >= 11 is 7.68. The quantitative estimate of drug-likeness (QED) is 0.451. The number of amides is 1. The molecule has 0 radical (unpaired) electrons.